The Morgan fingerprint density at radius 2 is 1.57 bits per heavy atom. The van der Waals surface area contributed by atoms with Crippen LogP contribution >= 0.6 is 19.7 Å². The molecule has 1 aliphatic rings. The van der Waals surface area contributed by atoms with Crippen LogP contribution in [-0.2, 0) is 0 Å². The van der Waals surface area contributed by atoms with E-state index in [-0.39, 0.29) is 0 Å². The van der Waals surface area contributed by atoms with Crippen molar-refractivity contribution in [1.82, 2.24) is 0 Å². The van der Waals surface area contributed by atoms with Crippen LogP contribution in [0.1, 0.15) is 45.4 Å². The van der Waals surface area contributed by atoms with Gasteiger partial charge in [0.15, 0.2) is 0 Å². The highest BCUT2D eigenvalue weighted by Gasteiger charge is 2.11. The van der Waals surface area contributed by atoms with Gasteiger partial charge >= 0.3 is 0 Å². The Bertz CT molecular complexity index is 121. The van der Waals surface area contributed by atoms with Gasteiger partial charge in [0.05, 0.1) is 0 Å². The minimum Gasteiger partial charge on any atom is -0.161 e. The van der Waals surface area contributed by atoms with Crippen LogP contribution in [0, 0.1) is 0 Å². The van der Waals surface area contributed by atoms with Crippen molar-refractivity contribution >= 4 is 19.7 Å². The molecule has 14 heavy (non-hydrogen) atoms. The molecule has 0 aromatic rings. The second-order valence-corrected chi connectivity index (χ2v) is 8.13. The summed E-state index contributed by atoms with van der Waals surface area (Å²) in [6.07, 6.45) is 13.5. The van der Waals surface area contributed by atoms with E-state index in [2.05, 4.69) is 18.7 Å². The zero-order valence-corrected chi connectivity index (χ0v) is 11.3. The molecule has 0 nitrogen and oxygen atoms in total. The Morgan fingerprint density at radius 3 is 2.29 bits per heavy atom. The van der Waals surface area contributed by atoms with E-state index >= 15 is 0 Å². The molecule has 0 spiro atoms. The first-order valence-electron chi connectivity index (χ1n) is 6.23. The van der Waals surface area contributed by atoms with Gasteiger partial charge in [0.1, 0.15) is 0 Å². The smallest absolute Gasteiger partial charge is 0.00280 e. The number of thioether (sulfide) groups is 1. The lowest BCUT2D eigenvalue weighted by molar-refractivity contribution is 0.626. The van der Waals surface area contributed by atoms with E-state index in [0.29, 0.717) is 7.92 Å². The molecule has 0 radical (unpaired) electrons. The fraction of sp³-hybridized carbons (Fsp3) is 1.00. The number of rotatable bonds is 7. The Kier molecular flexibility index (Phi) is 8.29. The van der Waals surface area contributed by atoms with E-state index < -0.39 is 0 Å². The van der Waals surface area contributed by atoms with Crippen molar-refractivity contribution in [2.75, 3.05) is 30.0 Å². The summed E-state index contributed by atoms with van der Waals surface area (Å²) >= 11 is 2.17. The van der Waals surface area contributed by atoms with Gasteiger partial charge < -0.3 is 0 Å². The lowest BCUT2D eigenvalue weighted by atomic mass is 10.1. The van der Waals surface area contributed by atoms with Gasteiger partial charge in [-0.3, -0.25) is 0 Å². The summed E-state index contributed by atoms with van der Waals surface area (Å²) < 4.78 is 0. The fourth-order valence-electron chi connectivity index (χ4n) is 1.94. The van der Waals surface area contributed by atoms with Gasteiger partial charge in [-0.05, 0) is 36.4 Å². The third-order valence-corrected chi connectivity index (χ3v) is 7.18. The van der Waals surface area contributed by atoms with Crippen molar-refractivity contribution in [3.05, 3.63) is 0 Å². The van der Waals surface area contributed by atoms with Gasteiger partial charge in [-0.1, -0.05) is 39.0 Å². The third-order valence-electron chi connectivity index (χ3n) is 2.93. The first kappa shape index (κ1) is 12.8. The van der Waals surface area contributed by atoms with Crippen molar-refractivity contribution < 1.29 is 0 Å². The molecule has 1 saturated heterocycles. The van der Waals surface area contributed by atoms with Crippen molar-refractivity contribution in [3.8, 4) is 0 Å². The van der Waals surface area contributed by atoms with Crippen LogP contribution in [0.15, 0.2) is 0 Å². The van der Waals surface area contributed by atoms with Crippen LogP contribution in [0.3, 0.4) is 0 Å². The molecule has 1 heterocycles. The van der Waals surface area contributed by atoms with Crippen LogP contribution in [-0.4, -0.2) is 30.0 Å². The summed E-state index contributed by atoms with van der Waals surface area (Å²) in [7, 11) is 0.483. The van der Waals surface area contributed by atoms with Crippen molar-refractivity contribution in [2.24, 2.45) is 0 Å². The zero-order valence-electron chi connectivity index (χ0n) is 9.63. The quantitative estimate of drug-likeness (QED) is 0.457. The number of hydrogen-bond acceptors (Lipinski definition) is 1. The number of unbranched alkanes of at least 4 members (excludes halogenated alkanes) is 5. The molecular weight excluding hydrogens is 207 g/mol. The average molecular weight is 232 g/mol. The molecule has 0 N–H and O–H groups in total. The summed E-state index contributed by atoms with van der Waals surface area (Å²) in [4.78, 5) is 0. The minimum absolute atomic E-state index is 0.483. The lowest BCUT2D eigenvalue weighted by Gasteiger charge is -2.21. The second kappa shape index (κ2) is 9.04. The maximum absolute atomic E-state index is 2.29. The van der Waals surface area contributed by atoms with Crippen LogP contribution in [0.4, 0.5) is 0 Å². The summed E-state index contributed by atoms with van der Waals surface area (Å²) in [6, 6.07) is 0. The molecule has 0 aromatic heterocycles. The van der Waals surface area contributed by atoms with Gasteiger partial charge in [-0.15, -0.1) is 7.92 Å². The normalized spacial score (nSPS) is 18.6. The Morgan fingerprint density at radius 1 is 0.929 bits per heavy atom. The highest BCUT2D eigenvalue weighted by atomic mass is 32.2. The van der Waals surface area contributed by atoms with Crippen LogP contribution in [0.2, 0.25) is 0 Å². The lowest BCUT2D eigenvalue weighted by Crippen LogP contribution is -2.06. The molecule has 0 bridgehead atoms. The molecule has 0 saturated carbocycles. The van der Waals surface area contributed by atoms with Crippen LogP contribution in [0.25, 0.3) is 0 Å². The topological polar surface area (TPSA) is 0 Å². The Labute approximate surface area is 95.4 Å². The number of hydrogen-bond donors (Lipinski definition) is 0. The van der Waals surface area contributed by atoms with Gasteiger partial charge in [-0.2, -0.15) is 11.8 Å². The third kappa shape index (κ3) is 6.30. The van der Waals surface area contributed by atoms with E-state index in [1.807, 2.05) is 0 Å². The second-order valence-electron chi connectivity index (χ2n) is 4.22. The maximum atomic E-state index is 2.29. The standard InChI is InChI=1S/C12H25PS/c1-2-3-4-5-6-7-8-13-9-11-14-12-10-13/h2-12H2,1H3. The highest BCUT2D eigenvalue weighted by Crippen LogP contribution is 2.41. The molecular formula is C12H25PS. The SMILES string of the molecule is CCCCCCCCP1CCSCC1. The van der Waals surface area contributed by atoms with Crippen molar-refractivity contribution in [2.45, 2.75) is 45.4 Å². The van der Waals surface area contributed by atoms with E-state index in [1.165, 1.54) is 50.0 Å². The molecule has 0 unspecified atom stereocenters. The summed E-state index contributed by atoms with van der Waals surface area (Å²) in [5, 5.41) is 0. The minimum atomic E-state index is 0.483. The summed E-state index contributed by atoms with van der Waals surface area (Å²) in [5.41, 5.74) is 0. The zero-order chi connectivity index (χ0) is 10.1. The highest BCUT2D eigenvalue weighted by molar-refractivity contribution is 8.00. The Hall–Kier alpha value is 0.780. The fourth-order valence-corrected chi connectivity index (χ4v) is 6.58. The van der Waals surface area contributed by atoms with Gasteiger partial charge in [-0.25, -0.2) is 0 Å². The molecule has 2 heteroatoms. The summed E-state index contributed by atoms with van der Waals surface area (Å²) in [5.74, 6) is 2.92. The van der Waals surface area contributed by atoms with Crippen LogP contribution < -0.4 is 0 Å². The predicted octanol–water partition coefficient (Wildman–Crippen LogP) is 4.58. The van der Waals surface area contributed by atoms with Gasteiger partial charge in [0.2, 0.25) is 0 Å². The monoisotopic (exact) mass is 232 g/mol. The van der Waals surface area contributed by atoms with E-state index in [4.69, 9.17) is 0 Å². The maximum Gasteiger partial charge on any atom is -0.00280 e. The largest absolute Gasteiger partial charge is 0.161 e. The molecule has 84 valence electrons. The first-order valence-corrected chi connectivity index (χ1v) is 9.29. The van der Waals surface area contributed by atoms with E-state index in [0.717, 1.165) is 0 Å². The Balaban J connectivity index is 1.82. The molecule has 1 rings (SSSR count). The molecule has 0 aromatic carbocycles. The summed E-state index contributed by atoms with van der Waals surface area (Å²) in [6.45, 7) is 2.29. The molecule has 0 amide bonds. The molecule has 0 aliphatic carbocycles. The predicted molar refractivity (Wildman–Crippen MR) is 72.2 cm³/mol. The molecule has 0 atom stereocenters. The average Bonchev–Trinajstić information content (AvgIpc) is 2.25. The van der Waals surface area contributed by atoms with Crippen molar-refractivity contribution in [1.29, 1.82) is 0 Å². The van der Waals surface area contributed by atoms with Crippen molar-refractivity contribution in [3.63, 3.8) is 0 Å². The van der Waals surface area contributed by atoms with Gasteiger partial charge in [0, 0.05) is 0 Å². The van der Waals surface area contributed by atoms with Gasteiger partial charge in [0.25, 0.3) is 0 Å². The molecule has 1 aliphatic heterocycles. The first-order chi connectivity index (χ1) is 6.93. The van der Waals surface area contributed by atoms with Crippen LogP contribution in [0.5, 0.6) is 0 Å². The van der Waals surface area contributed by atoms with E-state index in [9.17, 15) is 0 Å². The molecule has 1 fully saturated rings. The van der Waals surface area contributed by atoms with E-state index in [1.54, 1.807) is 18.5 Å².